The average molecular weight is 464 g/mol. The molecule has 0 spiro atoms. The van der Waals surface area contributed by atoms with Gasteiger partial charge in [-0.1, -0.05) is 25.1 Å². The summed E-state index contributed by atoms with van der Waals surface area (Å²) in [6, 6.07) is 6.33. The Kier molecular flexibility index (Phi) is 7.45. The van der Waals surface area contributed by atoms with Gasteiger partial charge in [0.25, 0.3) is 5.88 Å². The molecular weight excluding hydrogens is 435 g/mol. The summed E-state index contributed by atoms with van der Waals surface area (Å²) < 4.78 is 44.8. The summed E-state index contributed by atoms with van der Waals surface area (Å²) in [7, 11) is 3.16. The van der Waals surface area contributed by atoms with Crippen molar-refractivity contribution in [1.29, 1.82) is 0 Å². The van der Waals surface area contributed by atoms with Crippen LogP contribution in [-0.2, 0) is 0 Å². The number of fused-ring (bicyclic) bond motifs is 1. The normalized spacial score (nSPS) is 13.5. The van der Waals surface area contributed by atoms with Crippen molar-refractivity contribution in [2.24, 2.45) is 0 Å². The molecule has 7 nitrogen and oxygen atoms in total. The Morgan fingerprint density at radius 2 is 2.09 bits per heavy atom. The molecule has 0 saturated heterocycles. The number of urea groups is 1. The standard InChI is InChI=1S/C23H28F3N5O2/c1-5-18(9-10-23(24,25)26)28-22(32)30(3)15(2)16-7-6-8-17(13-16)19-14-31-12-11-27-20(31)21(29-19)33-4/h6-8,11-15,18H,5,9-10H2,1-4H3,(H,28,32). The van der Waals surface area contributed by atoms with Gasteiger partial charge in [0.2, 0.25) is 0 Å². The molecule has 1 aromatic carbocycles. The van der Waals surface area contributed by atoms with Crippen molar-refractivity contribution in [3.63, 3.8) is 0 Å². The van der Waals surface area contributed by atoms with E-state index < -0.39 is 24.7 Å². The van der Waals surface area contributed by atoms with Crippen LogP contribution in [0.15, 0.2) is 42.9 Å². The van der Waals surface area contributed by atoms with Gasteiger partial charge in [-0.25, -0.2) is 14.8 Å². The van der Waals surface area contributed by atoms with Crippen molar-refractivity contribution in [2.45, 2.75) is 51.4 Å². The molecule has 2 amide bonds. The summed E-state index contributed by atoms with van der Waals surface area (Å²) in [6.07, 6.45) is 0.415. The van der Waals surface area contributed by atoms with Crippen molar-refractivity contribution >= 4 is 11.7 Å². The van der Waals surface area contributed by atoms with E-state index >= 15 is 0 Å². The lowest BCUT2D eigenvalue weighted by Gasteiger charge is -2.28. The topological polar surface area (TPSA) is 71.8 Å². The number of nitrogens with zero attached hydrogens (tertiary/aromatic N) is 4. The van der Waals surface area contributed by atoms with Crippen LogP contribution >= 0.6 is 0 Å². The predicted octanol–water partition coefficient (Wildman–Crippen LogP) is 5.23. The molecule has 0 radical (unpaired) electrons. The van der Waals surface area contributed by atoms with Crippen LogP contribution in [0.3, 0.4) is 0 Å². The highest BCUT2D eigenvalue weighted by Gasteiger charge is 2.29. The van der Waals surface area contributed by atoms with Crippen LogP contribution < -0.4 is 10.1 Å². The molecule has 2 atom stereocenters. The Hall–Kier alpha value is -3.30. The fourth-order valence-electron chi connectivity index (χ4n) is 3.53. The lowest BCUT2D eigenvalue weighted by Crippen LogP contribution is -2.44. The fraction of sp³-hybridized carbons (Fsp3) is 0.435. The first-order valence-electron chi connectivity index (χ1n) is 10.7. The van der Waals surface area contributed by atoms with Crippen LogP contribution in [0.1, 0.15) is 44.7 Å². The molecule has 0 fully saturated rings. The molecule has 0 aliphatic carbocycles. The van der Waals surface area contributed by atoms with E-state index in [0.717, 1.165) is 11.1 Å². The molecule has 0 aliphatic heterocycles. The quantitative estimate of drug-likeness (QED) is 0.497. The number of carbonyl (C=O) groups is 1. The number of hydrogen-bond acceptors (Lipinski definition) is 4. The average Bonchev–Trinajstić information content (AvgIpc) is 3.28. The van der Waals surface area contributed by atoms with Gasteiger partial charge in [-0.15, -0.1) is 0 Å². The number of methoxy groups -OCH3 is 1. The Morgan fingerprint density at radius 3 is 2.76 bits per heavy atom. The summed E-state index contributed by atoms with van der Waals surface area (Å²) in [4.78, 5) is 23.0. The van der Waals surface area contributed by atoms with Gasteiger partial charge < -0.3 is 19.4 Å². The van der Waals surface area contributed by atoms with Crippen LogP contribution in [0.25, 0.3) is 16.9 Å². The minimum atomic E-state index is -4.24. The molecule has 33 heavy (non-hydrogen) atoms. The van der Waals surface area contributed by atoms with Crippen molar-refractivity contribution in [2.75, 3.05) is 14.2 Å². The number of ether oxygens (including phenoxy) is 1. The largest absolute Gasteiger partial charge is 0.478 e. The van der Waals surface area contributed by atoms with Gasteiger partial charge in [-0.3, -0.25) is 0 Å². The van der Waals surface area contributed by atoms with E-state index in [9.17, 15) is 18.0 Å². The van der Waals surface area contributed by atoms with Crippen LogP contribution in [0.2, 0.25) is 0 Å². The first-order chi connectivity index (χ1) is 15.6. The lowest BCUT2D eigenvalue weighted by molar-refractivity contribution is -0.136. The molecule has 0 aliphatic rings. The SMILES string of the molecule is CCC(CCC(F)(F)F)NC(=O)N(C)C(C)c1cccc(-c2cn3ccnc3c(OC)n2)c1. The van der Waals surface area contributed by atoms with E-state index in [1.54, 1.807) is 26.4 Å². The van der Waals surface area contributed by atoms with Crippen LogP contribution in [0.5, 0.6) is 5.88 Å². The van der Waals surface area contributed by atoms with Crippen molar-refractivity contribution in [3.8, 4) is 17.1 Å². The number of aromatic nitrogens is 3. The van der Waals surface area contributed by atoms with E-state index in [-0.39, 0.29) is 12.5 Å². The number of hydrogen-bond donors (Lipinski definition) is 1. The number of nitrogens with one attached hydrogen (secondary N) is 1. The maximum atomic E-state index is 12.7. The third-order valence-electron chi connectivity index (χ3n) is 5.70. The van der Waals surface area contributed by atoms with Gasteiger partial charge in [0.05, 0.1) is 18.8 Å². The van der Waals surface area contributed by atoms with Gasteiger partial charge in [-0.05, 0) is 31.4 Å². The molecule has 3 rings (SSSR count). The Morgan fingerprint density at radius 1 is 1.33 bits per heavy atom. The van der Waals surface area contributed by atoms with Crippen molar-refractivity contribution < 1.29 is 22.7 Å². The molecule has 0 saturated carbocycles. The second-order valence-corrected chi connectivity index (χ2v) is 7.91. The molecule has 2 aromatic heterocycles. The van der Waals surface area contributed by atoms with Gasteiger partial charge in [0.1, 0.15) is 0 Å². The molecule has 3 aromatic rings. The summed E-state index contributed by atoms with van der Waals surface area (Å²) >= 11 is 0. The maximum absolute atomic E-state index is 12.7. The Bertz CT molecular complexity index is 1100. The van der Waals surface area contributed by atoms with E-state index in [1.807, 2.05) is 41.8 Å². The zero-order valence-electron chi connectivity index (χ0n) is 19.1. The van der Waals surface area contributed by atoms with E-state index in [1.165, 1.54) is 12.0 Å². The van der Waals surface area contributed by atoms with Crippen molar-refractivity contribution in [3.05, 3.63) is 48.4 Å². The summed E-state index contributed by atoms with van der Waals surface area (Å²) in [6.45, 7) is 3.62. The molecule has 2 heterocycles. The summed E-state index contributed by atoms with van der Waals surface area (Å²) in [5.41, 5.74) is 2.98. The minimum Gasteiger partial charge on any atom is -0.478 e. The van der Waals surface area contributed by atoms with Crippen LogP contribution in [0, 0.1) is 0 Å². The Balaban J connectivity index is 1.76. The van der Waals surface area contributed by atoms with E-state index in [4.69, 9.17) is 4.74 Å². The number of alkyl halides is 3. The number of imidazole rings is 1. The zero-order valence-corrected chi connectivity index (χ0v) is 19.1. The number of carbonyl (C=O) groups excluding carboxylic acids is 1. The highest BCUT2D eigenvalue weighted by molar-refractivity contribution is 5.75. The zero-order chi connectivity index (χ0) is 24.2. The maximum Gasteiger partial charge on any atom is 0.389 e. The molecule has 0 bridgehead atoms. The number of benzene rings is 1. The van der Waals surface area contributed by atoms with E-state index in [2.05, 4.69) is 15.3 Å². The lowest BCUT2D eigenvalue weighted by atomic mass is 10.0. The first kappa shape index (κ1) is 24.3. The highest BCUT2D eigenvalue weighted by Crippen LogP contribution is 2.28. The third-order valence-corrected chi connectivity index (χ3v) is 5.70. The highest BCUT2D eigenvalue weighted by atomic mass is 19.4. The monoisotopic (exact) mass is 463 g/mol. The van der Waals surface area contributed by atoms with E-state index in [0.29, 0.717) is 23.6 Å². The molecular formula is C23H28F3N5O2. The second-order valence-electron chi connectivity index (χ2n) is 7.91. The molecule has 10 heteroatoms. The van der Waals surface area contributed by atoms with Gasteiger partial charge in [0.15, 0.2) is 5.65 Å². The predicted molar refractivity (Wildman–Crippen MR) is 119 cm³/mol. The van der Waals surface area contributed by atoms with Gasteiger partial charge in [-0.2, -0.15) is 13.2 Å². The van der Waals surface area contributed by atoms with Gasteiger partial charge in [0, 0.05) is 43.7 Å². The molecule has 2 unspecified atom stereocenters. The molecule has 178 valence electrons. The first-order valence-corrected chi connectivity index (χ1v) is 10.7. The number of halogens is 3. The van der Waals surface area contributed by atoms with Crippen molar-refractivity contribution in [1.82, 2.24) is 24.6 Å². The van der Waals surface area contributed by atoms with Crippen LogP contribution in [0.4, 0.5) is 18.0 Å². The second kappa shape index (κ2) is 10.1. The molecule has 1 N–H and O–H groups in total. The smallest absolute Gasteiger partial charge is 0.389 e. The fourth-order valence-corrected chi connectivity index (χ4v) is 3.53. The summed E-state index contributed by atoms with van der Waals surface area (Å²) in [5, 5.41) is 2.72. The Labute approximate surface area is 190 Å². The minimum absolute atomic E-state index is 0.145. The third kappa shape index (κ3) is 5.94. The summed E-state index contributed by atoms with van der Waals surface area (Å²) in [5.74, 6) is 0.400. The number of amides is 2. The number of rotatable bonds is 8. The van der Waals surface area contributed by atoms with Crippen LogP contribution in [-0.4, -0.2) is 51.7 Å². The van der Waals surface area contributed by atoms with Gasteiger partial charge >= 0.3 is 12.2 Å².